The van der Waals surface area contributed by atoms with E-state index in [0.29, 0.717) is 18.7 Å². The van der Waals surface area contributed by atoms with Gasteiger partial charge in [-0.15, -0.1) is 0 Å². The monoisotopic (exact) mass is 397 g/mol. The molecule has 2 N–H and O–H groups in total. The van der Waals surface area contributed by atoms with Crippen LogP contribution >= 0.6 is 0 Å². The molecule has 0 saturated carbocycles. The maximum atomic E-state index is 12.8. The van der Waals surface area contributed by atoms with Crippen molar-refractivity contribution in [3.8, 4) is 0 Å². The predicted molar refractivity (Wildman–Crippen MR) is 101 cm³/mol. The number of nitrogens with two attached hydrogens (primary N) is 1. The molecule has 0 spiro atoms. The summed E-state index contributed by atoms with van der Waals surface area (Å²) >= 11 is 0. The number of carbonyl (C=O) groups excluding carboxylic acids is 2. The molecule has 0 unspecified atom stereocenters. The Bertz CT molecular complexity index is 769. The largest absolute Gasteiger partial charge is 0.462 e. The minimum absolute atomic E-state index is 0.0252. The normalized spacial score (nSPS) is 17.0. The van der Waals surface area contributed by atoms with Crippen molar-refractivity contribution in [1.82, 2.24) is 9.21 Å². The lowest BCUT2D eigenvalue weighted by Crippen LogP contribution is -2.55. The van der Waals surface area contributed by atoms with E-state index < -0.39 is 22.0 Å². The van der Waals surface area contributed by atoms with E-state index in [1.807, 2.05) is 13.8 Å². The molecular weight excluding hydrogens is 370 g/mol. The second kappa shape index (κ2) is 8.81. The zero-order chi connectivity index (χ0) is 20.2. The molecule has 1 aliphatic heterocycles. The van der Waals surface area contributed by atoms with E-state index in [2.05, 4.69) is 0 Å². The number of ether oxygens (including phenoxy) is 1. The molecular formula is C18H27N3O5S. The molecule has 0 bridgehead atoms. The molecule has 1 amide bonds. The number of benzene rings is 1. The third kappa shape index (κ3) is 4.85. The third-order valence-corrected chi connectivity index (χ3v) is 6.47. The van der Waals surface area contributed by atoms with Gasteiger partial charge in [-0.1, -0.05) is 13.8 Å². The van der Waals surface area contributed by atoms with Gasteiger partial charge in [-0.05, 0) is 37.1 Å². The van der Waals surface area contributed by atoms with Crippen LogP contribution in [-0.2, 0) is 19.6 Å². The number of piperazine rings is 1. The molecule has 0 aromatic heterocycles. The zero-order valence-corrected chi connectivity index (χ0v) is 16.7. The van der Waals surface area contributed by atoms with Gasteiger partial charge < -0.3 is 15.4 Å². The van der Waals surface area contributed by atoms with Crippen molar-refractivity contribution < 1.29 is 22.7 Å². The van der Waals surface area contributed by atoms with Crippen molar-refractivity contribution in [2.45, 2.75) is 31.7 Å². The van der Waals surface area contributed by atoms with Crippen LogP contribution in [0.4, 0.5) is 0 Å². The summed E-state index contributed by atoms with van der Waals surface area (Å²) in [6, 6.07) is 5.09. The molecule has 1 aromatic rings. The molecule has 0 aliphatic carbocycles. The lowest BCUT2D eigenvalue weighted by Gasteiger charge is -2.35. The lowest BCUT2D eigenvalue weighted by atomic mass is 10.0. The summed E-state index contributed by atoms with van der Waals surface area (Å²) in [5.74, 6) is -0.618. The molecule has 1 saturated heterocycles. The van der Waals surface area contributed by atoms with Crippen LogP contribution in [0.15, 0.2) is 29.2 Å². The van der Waals surface area contributed by atoms with E-state index in [1.165, 1.54) is 28.6 Å². The summed E-state index contributed by atoms with van der Waals surface area (Å²) < 4.78 is 31.8. The molecule has 1 aromatic carbocycles. The van der Waals surface area contributed by atoms with E-state index in [9.17, 15) is 18.0 Å². The fourth-order valence-corrected chi connectivity index (χ4v) is 4.19. The summed E-state index contributed by atoms with van der Waals surface area (Å²) in [6.07, 6.45) is 0. The number of carbonyl (C=O) groups is 2. The Morgan fingerprint density at radius 2 is 1.67 bits per heavy atom. The van der Waals surface area contributed by atoms with Crippen molar-refractivity contribution in [2.24, 2.45) is 11.7 Å². The first-order chi connectivity index (χ1) is 12.7. The van der Waals surface area contributed by atoms with Gasteiger partial charge in [0.25, 0.3) is 0 Å². The Hall–Kier alpha value is -1.97. The Morgan fingerprint density at radius 3 is 2.15 bits per heavy atom. The van der Waals surface area contributed by atoms with Crippen LogP contribution in [0.1, 0.15) is 31.1 Å². The summed E-state index contributed by atoms with van der Waals surface area (Å²) in [5, 5.41) is 0. The zero-order valence-electron chi connectivity index (χ0n) is 15.9. The smallest absolute Gasteiger partial charge is 0.338 e. The SMILES string of the molecule is CCOC(=O)c1ccc(S(=O)(=O)N2CCN(C(=O)[C@@H](N)C(C)C)CC2)cc1. The molecule has 9 heteroatoms. The van der Waals surface area contributed by atoms with Gasteiger partial charge in [0.2, 0.25) is 15.9 Å². The van der Waals surface area contributed by atoms with Gasteiger partial charge >= 0.3 is 5.97 Å². The van der Waals surface area contributed by atoms with Gasteiger partial charge in [0.05, 0.1) is 23.1 Å². The van der Waals surface area contributed by atoms with Crippen molar-refractivity contribution in [3.63, 3.8) is 0 Å². The molecule has 1 fully saturated rings. The van der Waals surface area contributed by atoms with Crippen LogP contribution < -0.4 is 5.73 Å². The maximum Gasteiger partial charge on any atom is 0.338 e. The maximum absolute atomic E-state index is 12.8. The van der Waals surface area contributed by atoms with Crippen molar-refractivity contribution >= 4 is 21.9 Å². The second-order valence-electron chi connectivity index (χ2n) is 6.74. The average Bonchev–Trinajstić information content (AvgIpc) is 2.67. The van der Waals surface area contributed by atoms with Crippen LogP contribution in [0.25, 0.3) is 0 Å². The molecule has 8 nitrogen and oxygen atoms in total. The molecule has 2 rings (SSSR count). The van der Waals surface area contributed by atoms with Crippen LogP contribution in [0.2, 0.25) is 0 Å². The number of sulfonamides is 1. The fraction of sp³-hybridized carbons (Fsp3) is 0.556. The van der Waals surface area contributed by atoms with E-state index in [4.69, 9.17) is 10.5 Å². The summed E-state index contributed by atoms with van der Waals surface area (Å²) in [6.45, 7) is 6.74. The molecule has 1 aliphatic rings. The molecule has 27 heavy (non-hydrogen) atoms. The van der Waals surface area contributed by atoms with E-state index in [0.717, 1.165) is 0 Å². The number of hydrogen-bond donors (Lipinski definition) is 1. The van der Waals surface area contributed by atoms with Crippen LogP contribution in [0.3, 0.4) is 0 Å². The molecule has 0 radical (unpaired) electrons. The minimum atomic E-state index is -3.69. The van der Waals surface area contributed by atoms with Crippen LogP contribution in [0.5, 0.6) is 0 Å². The van der Waals surface area contributed by atoms with E-state index >= 15 is 0 Å². The standard InChI is InChI=1S/C18H27N3O5S/c1-4-26-18(23)14-5-7-15(8-6-14)27(24,25)21-11-9-20(10-12-21)17(22)16(19)13(2)3/h5-8,13,16H,4,9-12,19H2,1-3H3/t16-/m0/s1. The van der Waals surface area contributed by atoms with Gasteiger partial charge in [0.1, 0.15) is 0 Å². The van der Waals surface area contributed by atoms with E-state index in [1.54, 1.807) is 11.8 Å². The summed E-state index contributed by atoms with van der Waals surface area (Å²) in [4.78, 5) is 25.7. The van der Waals surface area contributed by atoms with Crippen molar-refractivity contribution in [1.29, 1.82) is 0 Å². The Morgan fingerprint density at radius 1 is 1.11 bits per heavy atom. The number of hydrogen-bond acceptors (Lipinski definition) is 6. The quantitative estimate of drug-likeness (QED) is 0.707. The number of amides is 1. The second-order valence-corrected chi connectivity index (χ2v) is 8.68. The van der Waals surface area contributed by atoms with E-state index in [-0.39, 0.29) is 36.4 Å². The summed E-state index contributed by atoms with van der Waals surface area (Å²) in [7, 11) is -3.69. The highest BCUT2D eigenvalue weighted by Crippen LogP contribution is 2.19. The highest BCUT2D eigenvalue weighted by atomic mass is 32.2. The van der Waals surface area contributed by atoms with Gasteiger partial charge in [-0.2, -0.15) is 4.31 Å². The van der Waals surface area contributed by atoms with Gasteiger partial charge in [-0.25, -0.2) is 13.2 Å². The highest BCUT2D eigenvalue weighted by molar-refractivity contribution is 7.89. The number of rotatable bonds is 6. The summed E-state index contributed by atoms with van der Waals surface area (Å²) in [5.41, 5.74) is 6.20. The van der Waals surface area contributed by atoms with Crippen molar-refractivity contribution in [2.75, 3.05) is 32.8 Å². The average molecular weight is 397 g/mol. The van der Waals surface area contributed by atoms with Crippen LogP contribution in [0, 0.1) is 5.92 Å². The van der Waals surface area contributed by atoms with Gasteiger partial charge in [-0.3, -0.25) is 4.79 Å². The van der Waals surface area contributed by atoms with Crippen molar-refractivity contribution in [3.05, 3.63) is 29.8 Å². The Balaban J connectivity index is 2.04. The number of nitrogens with zero attached hydrogens (tertiary/aromatic N) is 2. The van der Waals surface area contributed by atoms with Gasteiger partial charge in [0, 0.05) is 26.2 Å². The first kappa shape index (κ1) is 21.3. The molecule has 150 valence electrons. The topological polar surface area (TPSA) is 110 Å². The lowest BCUT2D eigenvalue weighted by molar-refractivity contribution is -0.134. The first-order valence-electron chi connectivity index (χ1n) is 9.00. The highest BCUT2D eigenvalue weighted by Gasteiger charge is 2.32. The predicted octanol–water partition coefficient (Wildman–Crippen LogP) is 0.680. The first-order valence-corrected chi connectivity index (χ1v) is 10.4. The molecule has 1 heterocycles. The fourth-order valence-electron chi connectivity index (χ4n) is 2.77. The Kier molecular flexibility index (Phi) is 6.96. The Labute approximate surface area is 160 Å². The molecule has 1 atom stereocenters. The third-order valence-electron chi connectivity index (χ3n) is 4.56. The number of esters is 1. The van der Waals surface area contributed by atoms with Crippen LogP contribution in [-0.4, -0.2) is 68.3 Å². The van der Waals surface area contributed by atoms with Gasteiger partial charge in [0.15, 0.2) is 0 Å². The minimum Gasteiger partial charge on any atom is -0.462 e.